The molecule has 19 heavy (non-hydrogen) atoms. The van der Waals surface area contributed by atoms with E-state index in [1.165, 1.54) is 10.4 Å². The smallest absolute Gasteiger partial charge is 0.247 e. The minimum Gasteiger partial charge on any atom is -0.314 e. The van der Waals surface area contributed by atoms with Gasteiger partial charge in [0.15, 0.2) is 5.52 Å². The first-order valence-electron chi connectivity index (χ1n) is 5.72. The van der Waals surface area contributed by atoms with Crippen molar-refractivity contribution in [2.24, 2.45) is 0 Å². The van der Waals surface area contributed by atoms with E-state index in [1.807, 2.05) is 0 Å². The molecular weight excluding hydrogens is 292 g/mol. The van der Waals surface area contributed by atoms with Crippen LogP contribution >= 0.6 is 11.6 Å². The Kier molecular flexibility index (Phi) is 3.17. The molecule has 0 bridgehead atoms. The second-order valence-corrected chi connectivity index (χ2v) is 6.44. The molecule has 2 aromatic rings. The number of hydrogen-bond acceptors (Lipinski definition) is 6. The number of rotatable bonds is 2. The second-order valence-electron chi connectivity index (χ2n) is 4.16. The molecule has 1 aliphatic heterocycles. The maximum absolute atomic E-state index is 12.6. The highest BCUT2D eigenvalue weighted by Gasteiger charge is 2.31. The van der Waals surface area contributed by atoms with Gasteiger partial charge in [-0.05, 0) is 22.4 Å². The van der Waals surface area contributed by atoms with Crippen LogP contribution in [0.4, 0.5) is 0 Å². The highest BCUT2D eigenvalue weighted by molar-refractivity contribution is 7.89. The predicted molar refractivity (Wildman–Crippen MR) is 68.4 cm³/mol. The van der Waals surface area contributed by atoms with Crippen LogP contribution in [0.2, 0.25) is 5.02 Å². The van der Waals surface area contributed by atoms with Crippen LogP contribution in [0.1, 0.15) is 0 Å². The van der Waals surface area contributed by atoms with Gasteiger partial charge in [-0.1, -0.05) is 11.6 Å². The first-order chi connectivity index (χ1) is 9.10. The van der Waals surface area contributed by atoms with E-state index < -0.39 is 10.0 Å². The summed E-state index contributed by atoms with van der Waals surface area (Å²) in [7, 11) is -3.69. The Bertz CT molecular complexity index is 709. The van der Waals surface area contributed by atoms with Crippen molar-refractivity contribution in [2.75, 3.05) is 26.2 Å². The summed E-state index contributed by atoms with van der Waals surface area (Å²) >= 11 is 6.03. The Hall–Kier alpha value is -1.22. The molecule has 7 nitrogen and oxygen atoms in total. The summed E-state index contributed by atoms with van der Waals surface area (Å²) in [6.07, 6.45) is 0. The molecule has 102 valence electrons. The number of hydrogen-bond donors (Lipinski definition) is 1. The number of nitrogens with zero attached hydrogens (tertiary/aromatic N) is 3. The lowest BCUT2D eigenvalue weighted by molar-refractivity contribution is 0.314. The van der Waals surface area contributed by atoms with Crippen molar-refractivity contribution in [3.05, 3.63) is 17.2 Å². The fraction of sp³-hybridized carbons (Fsp3) is 0.400. The Morgan fingerprint density at radius 1 is 1.26 bits per heavy atom. The van der Waals surface area contributed by atoms with E-state index in [1.54, 1.807) is 6.07 Å². The fourth-order valence-corrected chi connectivity index (χ4v) is 4.13. The molecule has 0 atom stereocenters. The van der Waals surface area contributed by atoms with Crippen molar-refractivity contribution in [1.29, 1.82) is 0 Å². The molecule has 3 rings (SSSR count). The summed E-state index contributed by atoms with van der Waals surface area (Å²) in [6.45, 7) is 2.04. The molecular formula is C10H11ClN4O3S. The molecule has 0 spiro atoms. The fourth-order valence-electron chi connectivity index (χ4n) is 2.06. The van der Waals surface area contributed by atoms with Crippen LogP contribution in [-0.2, 0) is 10.0 Å². The normalized spacial score (nSPS) is 17.9. The van der Waals surface area contributed by atoms with E-state index in [2.05, 4.69) is 20.3 Å². The summed E-state index contributed by atoms with van der Waals surface area (Å²) in [6, 6.07) is 3.06. The van der Waals surface area contributed by atoms with Crippen LogP contribution in [0.3, 0.4) is 0 Å². The number of piperazine rings is 1. The highest BCUT2D eigenvalue weighted by atomic mass is 35.5. The highest BCUT2D eigenvalue weighted by Crippen LogP contribution is 2.30. The molecule has 0 radical (unpaired) electrons. The average Bonchev–Trinajstić information content (AvgIpc) is 2.87. The third kappa shape index (κ3) is 2.10. The molecule has 0 aliphatic carbocycles. The van der Waals surface area contributed by atoms with Crippen molar-refractivity contribution in [3.63, 3.8) is 0 Å². The van der Waals surface area contributed by atoms with Gasteiger partial charge in [-0.3, -0.25) is 0 Å². The molecule has 0 amide bonds. The summed E-state index contributed by atoms with van der Waals surface area (Å²) < 4.78 is 31.2. The van der Waals surface area contributed by atoms with Crippen LogP contribution in [0.25, 0.3) is 11.0 Å². The van der Waals surface area contributed by atoms with Gasteiger partial charge in [0, 0.05) is 26.2 Å². The lowest BCUT2D eigenvalue weighted by atomic mass is 10.3. The van der Waals surface area contributed by atoms with E-state index in [0.29, 0.717) is 31.7 Å². The summed E-state index contributed by atoms with van der Waals surface area (Å²) in [5.41, 5.74) is 0.546. The van der Waals surface area contributed by atoms with E-state index in [9.17, 15) is 8.42 Å². The zero-order valence-electron chi connectivity index (χ0n) is 9.84. The molecule has 1 fully saturated rings. The quantitative estimate of drug-likeness (QED) is 0.867. The van der Waals surface area contributed by atoms with Gasteiger partial charge in [-0.2, -0.15) is 4.31 Å². The van der Waals surface area contributed by atoms with Crippen molar-refractivity contribution in [3.8, 4) is 0 Å². The third-order valence-corrected chi connectivity index (χ3v) is 5.41. The van der Waals surface area contributed by atoms with E-state index in [4.69, 9.17) is 11.6 Å². The van der Waals surface area contributed by atoms with Crippen LogP contribution in [0.5, 0.6) is 0 Å². The van der Waals surface area contributed by atoms with E-state index in [0.717, 1.165) is 0 Å². The minimum atomic E-state index is -3.69. The largest absolute Gasteiger partial charge is 0.314 e. The number of benzene rings is 1. The summed E-state index contributed by atoms with van der Waals surface area (Å²) in [5, 5.41) is 10.5. The maximum Gasteiger partial charge on any atom is 0.247 e. The van der Waals surface area contributed by atoms with Crippen LogP contribution in [0, 0.1) is 0 Å². The lowest BCUT2D eigenvalue weighted by Crippen LogP contribution is -2.46. The van der Waals surface area contributed by atoms with E-state index in [-0.39, 0.29) is 15.4 Å². The van der Waals surface area contributed by atoms with Gasteiger partial charge in [0.1, 0.15) is 10.4 Å². The van der Waals surface area contributed by atoms with Crippen molar-refractivity contribution in [1.82, 2.24) is 19.9 Å². The number of sulfonamides is 1. The summed E-state index contributed by atoms with van der Waals surface area (Å²) in [4.78, 5) is -0.0326. The Morgan fingerprint density at radius 2 is 2.00 bits per heavy atom. The van der Waals surface area contributed by atoms with Gasteiger partial charge in [0.25, 0.3) is 0 Å². The number of nitrogens with one attached hydrogen (secondary N) is 1. The Morgan fingerprint density at radius 3 is 2.74 bits per heavy atom. The van der Waals surface area contributed by atoms with Gasteiger partial charge in [-0.25, -0.2) is 13.0 Å². The zero-order chi connectivity index (χ0) is 13.5. The third-order valence-electron chi connectivity index (χ3n) is 3.01. The average molecular weight is 303 g/mol. The van der Waals surface area contributed by atoms with Crippen molar-refractivity contribution < 1.29 is 13.0 Å². The van der Waals surface area contributed by atoms with Gasteiger partial charge in [0.05, 0.1) is 5.02 Å². The van der Waals surface area contributed by atoms with Crippen LogP contribution < -0.4 is 5.32 Å². The number of halogens is 1. The second kappa shape index (κ2) is 4.71. The monoisotopic (exact) mass is 302 g/mol. The van der Waals surface area contributed by atoms with Gasteiger partial charge in [-0.15, -0.1) is 0 Å². The van der Waals surface area contributed by atoms with Gasteiger partial charge >= 0.3 is 0 Å². The summed E-state index contributed by atoms with van der Waals surface area (Å²) in [5.74, 6) is 0. The van der Waals surface area contributed by atoms with Crippen molar-refractivity contribution >= 4 is 32.7 Å². The molecule has 9 heteroatoms. The molecule has 0 unspecified atom stereocenters. The SMILES string of the molecule is O=S(=O)(c1c(Cl)ccc2nonc12)N1CCNCC1. The van der Waals surface area contributed by atoms with Crippen LogP contribution in [0.15, 0.2) is 21.7 Å². The minimum absolute atomic E-state index is 0.0326. The molecule has 1 aromatic heterocycles. The standard InChI is InChI=1S/C10H11ClN4O3S/c11-7-1-2-8-9(14-18-13-8)10(7)19(16,17)15-5-3-12-4-6-15/h1-2,12H,3-6H2. The molecule has 1 aromatic carbocycles. The molecule has 0 saturated carbocycles. The van der Waals surface area contributed by atoms with Gasteiger partial charge in [0.2, 0.25) is 10.0 Å². The molecule has 1 saturated heterocycles. The molecule has 1 aliphatic rings. The zero-order valence-corrected chi connectivity index (χ0v) is 11.4. The van der Waals surface area contributed by atoms with Crippen molar-refractivity contribution in [2.45, 2.75) is 4.90 Å². The number of fused-ring (bicyclic) bond motifs is 1. The van der Waals surface area contributed by atoms with Crippen LogP contribution in [-0.4, -0.2) is 49.2 Å². The maximum atomic E-state index is 12.6. The molecule has 2 heterocycles. The molecule has 1 N–H and O–H groups in total. The Balaban J connectivity index is 2.17. The predicted octanol–water partition coefficient (Wildman–Crippen LogP) is 0.470. The number of aromatic nitrogens is 2. The van der Waals surface area contributed by atoms with Gasteiger partial charge < -0.3 is 5.32 Å². The Labute approximate surface area is 114 Å². The first-order valence-corrected chi connectivity index (χ1v) is 7.54. The topological polar surface area (TPSA) is 88.3 Å². The van der Waals surface area contributed by atoms with E-state index >= 15 is 0 Å². The lowest BCUT2D eigenvalue weighted by Gasteiger charge is -2.26. The first kappa shape index (κ1) is 12.8.